The first kappa shape index (κ1) is 32.9. The highest BCUT2D eigenvalue weighted by Crippen LogP contribution is 2.32. The highest BCUT2D eigenvalue weighted by molar-refractivity contribution is 5.73. The minimum absolute atomic E-state index is 0.649. The van der Waals surface area contributed by atoms with Crippen LogP contribution in [0.2, 0.25) is 0 Å². The van der Waals surface area contributed by atoms with E-state index in [0.29, 0.717) is 0 Å². The molecule has 15 atom stereocenters. The van der Waals surface area contributed by atoms with E-state index in [1.807, 2.05) is 0 Å². The third kappa shape index (κ3) is 7.05. The largest absolute Gasteiger partial charge is 0.394 e. The zero-order chi connectivity index (χ0) is 29.9. The van der Waals surface area contributed by atoms with Crippen molar-refractivity contribution in [2.75, 3.05) is 19.8 Å². The van der Waals surface area contributed by atoms with Crippen LogP contribution in [0.4, 0.5) is 0 Å². The Balaban J connectivity index is 1.86. The second kappa shape index (κ2) is 14.0. The molecule has 0 radical (unpaired) electrons. The number of aliphatic hydroxyl groups excluding tert-OH is 9. The standard InChI is InChI=1S/C22H38N2O16/c1-6(28)23-11-15(32)13(30)8(3-25)37-21(11)39-18-10(5-27)36-20(35)19(17(18)34)40-22-12(24-7(2)29)16(33)14(31)9(4-26)38-22/h8-22,25-27,30-35H,3-5H2,1-2H3,(H,23,28)(H,24,29)/t8-,9-,10-,11-,12-,13-,14-,15-,16-,17+,18+,19-,20?,21+,22+/m1/s1. The van der Waals surface area contributed by atoms with Crippen molar-refractivity contribution in [1.82, 2.24) is 10.6 Å². The third-order valence-electron chi connectivity index (χ3n) is 6.90. The summed E-state index contributed by atoms with van der Waals surface area (Å²) in [6, 6.07) is -2.85. The number of amides is 2. The summed E-state index contributed by atoms with van der Waals surface area (Å²) in [5.74, 6) is -1.31. The van der Waals surface area contributed by atoms with Crippen molar-refractivity contribution in [3.8, 4) is 0 Å². The van der Waals surface area contributed by atoms with Gasteiger partial charge in [-0.15, -0.1) is 0 Å². The molecule has 0 saturated carbocycles. The fourth-order valence-corrected chi connectivity index (χ4v) is 4.86. The molecule has 3 rings (SSSR count). The molecular formula is C22H38N2O16. The first-order chi connectivity index (χ1) is 18.8. The highest BCUT2D eigenvalue weighted by Gasteiger charge is 2.54. The summed E-state index contributed by atoms with van der Waals surface area (Å²) < 4.78 is 27.7. The van der Waals surface area contributed by atoms with Gasteiger partial charge in [0, 0.05) is 13.8 Å². The average Bonchev–Trinajstić information content (AvgIpc) is 2.90. The molecule has 40 heavy (non-hydrogen) atoms. The lowest BCUT2D eigenvalue weighted by atomic mass is 9.94. The molecule has 0 aromatic carbocycles. The van der Waals surface area contributed by atoms with Gasteiger partial charge >= 0.3 is 0 Å². The van der Waals surface area contributed by atoms with E-state index in [1.54, 1.807) is 0 Å². The fraction of sp³-hybridized carbons (Fsp3) is 0.909. The molecule has 18 heteroatoms. The second-order valence-electron chi connectivity index (χ2n) is 9.81. The van der Waals surface area contributed by atoms with Crippen molar-refractivity contribution < 1.29 is 79.2 Å². The summed E-state index contributed by atoms with van der Waals surface area (Å²) in [4.78, 5) is 23.4. The Morgan fingerprint density at radius 2 is 1.00 bits per heavy atom. The average molecular weight is 587 g/mol. The normalized spacial score (nSPS) is 46.0. The smallest absolute Gasteiger partial charge is 0.217 e. The van der Waals surface area contributed by atoms with E-state index in [4.69, 9.17) is 23.7 Å². The van der Waals surface area contributed by atoms with Gasteiger partial charge in [-0.2, -0.15) is 0 Å². The Morgan fingerprint density at radius 1 is 0.600 bits per heavy atom. The molecule has 0 bridgehead atoms. The molecule has 0 spiro atoms. The molecule has 0 aliphatic carbocycles. The van der Waals surface area contributed by atoms with Crippen molar-refractivity contribution in [3.05, 3.63) is 0 Å². The summed E-state index contributed by atoms with van der Waals surface area (Å²) in [7, 11) is 0. The lowest BCUT2D eigenvalue weighted by molar-refractivity contribution is -0.369. The quantitative estimate of drug-likeness (QED) is 0.120. The number of hydrogen-bond donors (Lipinski definition) is 11. The Bertz CT molecular complexity index is 854. The number of nitrogens with one attached hydrogen (secondary N) is 2. The van der Waals surface area contributed by atoms with E-state index < -0.39 is 124 Å². The number of carbonyl (C=O) groups excluding carboxylic acids is 2. The molecule has 11 N–H and O–H groups in total. The van der Waals surface area contributed by atoms with Crippen LogP contribution in [-0.2, 0) is 33.3 Å². The monoisotopic (exact) mass is 586 g/mol. The summed E-state index contributed by atoms with van der Waals surface area (Å²) in [6.07, 6.45) is -21.3. The minimum atomic E-state index is -1.94. The number of hydrogen-bond acceptors (Lipinski definition) is 16. The maximum absolute atomic E-state index is 11.7. The van der Waals surface area contributed by atoms with Gasteiger partial charge in [0.15, 0.2) is 18.9 Å². The van der Waals surface area contributed by atoms with Crippen molar-refractivity contribution in [3.63, 3.8) is 0 Å². The molecule has 18 nitrogen and oxygen atoms in total. The van der Waals surface area contributed by atoms with Crippen molar-refractivity contribution in [2.45, 2.75) is 106 Å². The zero-order valence-electron chi connectivity index (χ0n) is 21.7. The molecular weight excluding hydrogens is 548 g/mol. The molecule has 1 unspecified atom stereocenters. The first-order valence-corrected chi connectivity index (χ1v) is 12.6. The molecule has 3 aliphatic rings. The number of ether oxygens (including phenoxy) is 5. The van der Waals surface area contributed by atoms with E-state index >= 15 is 0 Å². The molecule has 232 valence electrons. The van der Waals surface area contributed by atoms with Crippen LogP contribution in [0.1, 0.15) is 13.8 Å². The van der Waals surface area contributed by atoms with E-state index in [1.165, 1.54) is 0 Å². The van der Waals surface area contributed by atoms with E-state index in [0.717, 1.165) is 13.8 Å². The lowest BCUT2D eigenvalue weighted by Crippen LogP contribution is -2.69. The fourth-order valence-electron chi connectivity index (χ4n) is 4.86. The van der Waals surface area contributed by atoms with Crippen LogP contribution >= 0.6 is 0 Å². The third-order valence-corrected chi connectivity index (χ3v) is 6.90. The summed E-state index contributed by atoms with van der Waals surface area (Å²) >= 11 is 0. The Morgan fingerprint density at radius 3 is 1.38 bits per heavy atom. The highest BCUT2D eigenvalue weighted by atomic mass is 16.7. The lowest BCUT2D eigenvalue weighted by Gasteiger charge is -2.49. The van der Waals surface area contributed by atoms with Crippen LogP contribution in [0.15, 0.2) is 0 Å². The summed E-state index contributed by atoms with van der Waals surface area (Å²) in [5.41, 5.74) is 0. The van der Waals surface area contributed by atoms with Crippen molar-refractivity contribution in [1.29, 1.82) is 0 Å². The molecule has 3 aliphatic heterocycles. The van der Waals surface area contributed by atoms with Crippen LogP contribution in [0.5, 0.6) is 0 Å². The predicted octanol–water partition coefficient (Wildman–Crippen LogP) is -7.29. The maximum Gasteiger partial charge on any atom is 0.217 e. The van der Waals surface area contributed by atoms with Crippen LogP contribution in [0.25, 0.3) is 0 Å². The number of carbonyl (C=O) groups is 2. The predicted molar refractivity (Wildman–Crippen MR) is 124 cm³/mol. The van der Waals surface area contributed by atoms with Gasteiger partial charge < -0.3 is 80.3 Å². The van der Waals surface area contributed by atoms with E-state index in [2.05, 4.69) is 10.6 Å². The van der Waals surface area contributed by atoms with Crippen LogP contribution in [0.3, 0.4) is 0 Å². The van der Waals surface area contributed by atoms with Gasteiger partial charge in [0.2, 0.25) is 11.8 Å². The molecule has 3 fully saturated rings. The maximum atomic E-state index is 11.7. The number of aliphatic hydroxyl groups is 9. The Labute approximate surface area is 228 Å². The summed E-state index contributed by atoms with van der Waals surface area (Å²) in [5, 5.41) is 96.7. The van der Waals surface area contributed by atoms with Gasteiger partial charge in [-0.05, 0) is 0 Å². The Kier molecular flexibility index (Phi) is 11.5. The van der Waals surface area contributed by atoms with Crippen LogP contribution < -0.4 is 10.6 Å². The van der Waals surface area contributed by atoms with Gasteiger partial charge in [-0.25, -0.2) is 0 Å². The SMILES string of the molecule is CC(=O)N[C@H]1[C@H](O[C@@H]2[C@H](O)[C@@H](O[C@@H]3O[C@H](CO)[C@@H](O)[C@H](O)[C@H]3NC(C)=O)C(O)O[C@@H]2CO)O[C@H](CO)[C@@H](O)[C@@H]1O. The molecule has 3 saturated heterocycles. The van der Waals surface area contributed by atoms with E-state index in [9.17, 15) is 55.5 Å². The Hall–Kier alpha value is -1.62. The van der Waals surface area contributed by atoms with E-state index in [-0.39, 0.29) is 0 Å². The van der Waals surface area contributed by atoms with Crippen LogP contribution in [0, 0.1) is 0 Å². The molecule has 3 heterocycles. The summed E-state index contributed by atoms with van der Waals surface area (Å²) in [6.45, 7) is -0.114. The van der Waals surface area contributed by atoms with Gasteiger partial charge in [0.1, 0.15) is 73.1 Å². The molecule has 0 aromatic rings. The van der Waals surface area contributed by atoms with Crippen molar-refractivity contribution >= 4 is 11.8 Å². The van der Waals surface area contributed by atoms with Gasteiger partial charge in [0.05, 0.1) is 19.8 Å². The van der Waals surface area contributed by atoms with Gasteiger partial charge in [-0.3, -0.25) is 9.59 Å². The molecule has 0 aromatic heterocycles. The topological polar surface area (TPSA) is 286 Å². The van der Waals surface area contributed by atoms with Gasteiger partial charge in [-0.1, -0.05) is 0 Å². The molecule has 2 amide bonds. The van der Waals surface area contributed by atoms with Gasteiger partial charge in [0.25, 0.3) is 0 Å². The first-order valence-electron chi connectivity index (χ1n) is 12.6. The van der Waals surface area contributed by atoms with Crippen LogP contribution in [-0.4, -0.2) is 170 Å². The zero-order valence-corrected chi connectivity index (χ0v) is 21.7. The number of rotatable bonds is 9. The second-order valence-corrected chi connectivity index (χ2v) is 9.81. The minimum Gasteiger partial charge on any atom is -0.394 e. The van der Waals surface area contributed by atoms with Crippen molar-refractivity contribution in [2.24, 2.45) is 0 Å².